The monoisotopic (exact) mass is 373 g/mol. The molecule has 5 heteroatoms. The Morgan fingerprint density at radius 1 is 1.04 bits per heavy atom. The molecule has 0 aliphatic carbocycles. The number of benzene rings is 2. The van der Waals surface area contributed by atoms with Gasteiger partial charge in [0.2, 0.25) is 0 Å². The fourth-order valence-corrected chi connectivity index (χ4v) is 4.01. The lowest BCUT2D eigenvalue weighted by Crippen LogP contribution is -2.21. The fourth-order valence-electron chi connectivity index (χ4n) is 3.14. The molecule has 0 saturated heterocycles. The molecular weight excluding hydrogens is 354 g/mol. The number of allylic oxidation sites excluding steroid dienone is 2. The van der Waals surface area contributed by atoms with Crippen LogP contribution in [0.1, 0.15) is 10.4 Å². The SMILES string of the molecule is Nc1ccc(-c2ccc(/C=N\O)s2)cc1N1C=CC=C(c2ccccc2)C1. The summed E-state index contributed by atoms with van der Waals surface area (Å²) in [7, 11) is 0. The van der Waals surface area contributed by atoms with Crippen LogP contribution < -0.4 is 10.6 Å². The predicted molar refractivity (Wildman–Crippen MR) is 114 cm³/mol. The Balaban J connectivity index is 1.64. The van der Waals surface area contributed by atoms with E-state index in [1.807, 2.05) is 30.3 Å². The molecule has 1 aliphatic rings. The summed E-state index contributed by atoms with van der Waals surface area (Å²) in [5.41, 5.74) is 11.6. The summed E-state index contributed by atoms with van der Waals surface area (Å²) in [5.74, 6) is 0. The average Bonchev–Trinajstić information content (AvgIpc) is 3.18. The first kappa shape index (κ1) is 17.1. The summed E-state index contributed by atoms with van der Waals surface area (Å²) < 4.78 is 0. The summed E-state index contributed by atoms with van der Waals surface area (Å²) >= 11 is 1.57. The van der Waals surface area contributed by atoms with Crippen molar-refractivity contribution in [2.45, 2.75) is 0 Å². The lowest BCUT2D eigenvalue weighted by atomic mass is 10.0. The van der Waals surface area contributed by atoms with Gasteiger partial charge in [-0.05, 0) is 47.0 Å². The van der Waals surface area contributed by atoms with Gasteiger partial charge in [0.25, 0.3) is 0 Å². The molecule has 0 fully saturated rings. The molecule has 0 bridgehead atoms. The van der Waals surface area contributed by atoms with Crippen LogP contribution in [-0.4, -0.2) is 18.0 Å². The second-order valence-corrected chi connectivity index (χ2v) is 7.36. The topological polar surface area (TPSA) is 61.9 Å². The lowest BCUT2D eigenvalue weighted by molar-refractivity contribution is 0.322. The number of nitrogens with two attached hydrogens (primary N) is 1. The third-order valence-electron chi connectivity index (χ3n) is 4.48. The molecule has 0 atom stereocenters. The van der Waals surface area contributed by atoms with E-state index in [2.05, 4.69) is 58.7 Å². The van der Waals surface area contributed by atoms with Gasteiger partial charge in [0.15, 0.2) is 0 Å². The standard InChI is InChI=1S/C22H19N3OS/c23-20-10-8-17(22-11-9-19(27-22)14-24-26)13-21(20)25-12-4-7-18(15-25)16-5-2-1-3-6-16/h1-14,26H,15,23H2/b24-14-. The van der Waals surface area contributed by atoms with Crippen LogP contribution in [0.3, 0.4) is 0 Å². The number of anilines is 2. The van der Waals surface area contributed by atoms with E-state index in [-0.39, 0.29) is 0 Å². The van der Waals surface area contributed by atoms with Gasteiger partial charge in [-0.1, -0.05) is 47.6 Å². The molecular formula is C22H19N3OS. The van der Waals surface area contributed by atoms with Gasteiger partial charge in [0.05, 0.1) is 17.6 Å². The van der Waals surface area contributed by atoms with Gasteiger partial charge in [0, 0.05) is 22.5 Å². The zero-order valence-corrected chi connectivity index (χ0v) is 15.4. The number of rotatable bonds is 4. The zero-order chi connectivity index (χ0) is 18.6. The highest BCUT2D eigenvalue weighted by atomic mass is 32.1. The summed E-state index contributed by atoms with van der Waals surface area (Å²) in [6, 6.07) is 20.4. The first-order valence-corrected chi connectivity index (χ1v) is 9.43. The molecule has 2 aromatic carbocycles. The number of hydrogen-bond acceptors (Lipinski definition) is 5. The number of thiophene rings is 1. The largest absolute Gasteiger partial charge is 0.411 e. The van der Waals surface area contributed by atoms with Crippen LogP contribution in [0, 0.1) is 0 Å². The Bertz CT molecular complexity index is 1030. The van der Waals surface area contributed by atoms with Gasteiger partial charge in [-0.2, -0.15) is 0 Å². The highest BCUT2D eigenvalue weighted by molar-refractivity contribution is 7.17. The van der Waals surface area contributed by atoms with Gasteiger partial charge in [-0.15, -0.1) is 11.3 Å². The maximum absolute atomic E-state index is 8.71. The van der Waals surface area contributed by atoms with Crippen LogP contribution in [0.5, 0.6) is 0 Å². The zero-order valence-electron chi connectivity index (χ0n) is 14.6. The molecule has 3 N–H and O–H groups in total. The molecule has 0 amide bonds. The predicted octanol–water partition coefficient (Wildman–Crippen LogP) is 5.22. The van der Waals surface area contributed by atoms with E-state index in [0.717, 1.165) is 33.2 Å². The van der Waals surface area contributed by atoms with Crippen LogP contribution >= 0.6 is 11.3 Å². The minimum atomic E-state index is 0.742. The normalized spacial score (nSPS) is 13.9. The van der Waals surface area contributed by atoms with E-state index in [4.69, 9.17) is 10.9 Å². The fraction of sp³-hybridized carbons (Fsp3) is 0.0455. The van der Waals surface area contributed by atoms with Crippen molar-refractivity contribution in [1.82, 2.24) is 0 Å². The first-order valence-electron chi connectivity index (χ1n) is 8.61. The summed E-state index contributed by atoms with van der Waals surface area (Å²) in [5, 5.41) is 11.8. The Morgan fingerprint density at radius 2 is 1.89 bits per heavy atom. The van der Waals surface area contributed by atoms with Crippen LogP contribution in [0.15, 0.2) is 84.2 Å². The molecule has 27 heavy (non-hydrogen) atoms. The van der Waals surface area contributed by atoms with Crippen molar-refractivity contribution in [3.63, 3.8) is 0 Å². The van der Waals surface area contributed by atoms with Crippen molar-refractivity contribution in [1.29, 1.82) is 0 Å². The maximum atomic E-state index is 8.71. The molecule has 4 rings (SSSR count). The molecule has 0 unspecified atom stereocenters. The molecule has 2 heterocycles. The summed E-state index contributed by atoms with van der Waals surface area (Å²) in [6.07, 6.45) is 7.70. The minimum Gasteiger partial charge on any atom is -0.411 e. The Labute approximate surface area is 162 Å². The second kappa shape index (κ2) is 7.51. The molecule has 134 valence electrons. The summed E-state index contributed by atoms with van der Waals surface area (Å²) in [4.78, 5) is 4.18. The van der Waals surface area contributed by atoms with Crippen molar-refractivity contribution in [2.24, 2.45) is 5.16 Å². The number of hydrogen-bond donors (Lipinski definition) is 2. The highest BCUT2D eigenvalue weighted by Crippen LogP contribution is 2.35. The summed E-state index contributed by atoms with van der Waals surface area (Å²) in [6.45, 7) is 0.765. The molecule has 0 spiro atoms. The van der Waals surface area contributed by atoms with Crippen LogP contribution in [-0.2, 0) is 0 Å². The number of nitrogen functional groups attached to an aromatic ring is 1. The lowest BCUT2D eigenvalue weighted by Gasteiger charge is -2.26. The van der Waals surface area contributed by atoms with Gasteiger partial charge in [0.1, 0.15) is 0 Å². The molecule has 0 saturated carbocycles. The van der Waals surface area contributed by atoms with E-state index >= 15 is 0 Å². The van der Waals surface area contributed by atoms with E-state index in [9.17, 15) is 0 Å². The first-order chi connectivity index (χ1) is 13.2. The van der Waals surface area contributed by atoms with E-state index in [1.54, 1.807) is 11.3 Å². The van der Waals surface area contributed by atoms with E-state index < -0.39 is 0 Å². The average molecular weight is 373 g/mol. The van der Waals surface area contributed by atoms with Crippen LogP contribution in [0.4, 0.5) is 11.4 Å². The Hall–Kier alpha value is -3.31. The minimum absolute atomic E-state index is 0.742. The van der Waals surface area contributed by atoms with Crippen molar-refractivity contribution >= 4 is 34.5 Å². The third kappa shape index (κ3) is 3.64. The molecule has 4 nitrogen and oxygen atoms in total. The van der Waals surface area contributed by atoms with Crippen molar-refractivity contribution in [3.05, 3.63) is 89.5 Å². The van der Waals surface area contributed by atoms with E-state index in [0.29, 0.717) is 0 Å². The van der Waals surface area contributed by atoms with Crippen molar-refractivity contribution < 1.29 is 5.21 Å². The maximum Gasteiger partial charge on any atom is 0.0833 e. The Kier molecular flexibility index (Phi) is 4.77. The van der Waals surface area contributed by atoms with Crippen molar-refractivity contribution in [2.75, 3.05) is 17.2 Å². The van der Waals surface area contributed by atoms with E-state index in [1.165, 1.54) is 17.4 Å². The quantitative estimate of drug-likeness (QED) is 0.285. The number of nitrogens with zero attached hydrogens (tertiary/aromatic N) is 2. The molecule has 1 aromatic heterocycles. The van der Waals surface area contributed by atoms with Gasteiger partial charge < -0.3 is 15.8 Å². The third-order valence-corrected chi connectivity index (χ3v) is 5.55. The molecule has 1 aliphatic heterocycles. The van der Waals surface area contributed by atoms with Gasteiger partial charge in [-0.25, -0.2) is 0 Å². The van der Waals surface area contributed by atoms with Crippen LogP contribution in [0.25, 0.3) is 16.0 Å². The smallest absolute Gasteiger partial charge is 0.0833 e. The molecule has 0 radical (unpaired) electrons. The van der Waals surface area contributed by atoms with Gasteiger partial charge >= 0.3 is 0 Å². The highest BCUT2D eigenvalue weighted by Gasteiger charge is 2.15. The van der Waals surface area contributed by atoms with Crippen LogP contribution in [0.2, 0.25) is 0 Å². The molecule has 3 aromatic rings. The van der Waals surface area contributed by atoms with Crippen molar-refractivity contribution in [3.8, 4) is 10.4 Å². The van der Waals surface area contributed by atoms with Gasteiger partial charge in [-0.3, -0.25) is 0 Å². The number of oxime groups is 1. The second-order valence-electron chi connectivity index (χ2n) is 6.25. The Morgan fingerprint density at radius 3 is 2.70 bits per heavy atom.